The summed E-state index contributed by atoms with van der Waals surface area (Å²) in [6, 6.07) is 20.7. The molecule has 5 rings (SSSR count). The number of aliphatic hydroxyl groups excluding tert-OH is 2. The zero-order valence-corrected chi connectivity index (χ0v) is 20.5. The van der Waals surface area contributed by atoms with E-state index in [0.29, 0.717) is 18.8 Å². The van der Waals surface area contributed by atoms with Crippen LogP contribution in [-0.2, 0) is 14.2 Å². The average molecular weight is 511 g/mol. The molecular formula is C26H30N4O7. The average Bonchev–Trinajstić information content (AvgIpc) is 3.48. The number of rotatable bonds is 7. The summed E-state index contributed by atoms with van der Waals surface area (Å²) in [6.07, 6.45) is -6.83. The first-order valence-electron chi connectivity index (χ1n) is 12.0. The molecule has 3 heterocycles. The minimum Gasteiger partial charge on any atom is -0.387 e. The zero-order valence-electron chi connectivity index (χ0n) is 20.5. The molecule has 0 radical (unpaired) electrons. The van der Waals surface area contributed by atoms with Gasteiger partial charge in [0.25, 0.3) is 5.56 Å². The molecule has 0 saturated carbocycles. The number of hydrogen-bond donors (Lipinski definition) is 3. The molecule has 1 aromatic heterocycles. The van der Waals surface area contributed by atoms with E-state index in [-0.39, 0.29) is 0 Å². The van der Waals surface area contributed by atoms with Gasteiger partial charge in [-0.25, -0.2) is 4.79 Å². The molecule has 2 aliphatic heterocycles. The van der Waals surface area contributed by atoms with E-state index in [1.807, 2.05) is 60.7 Å². The van der Waals surface area contributed by atoms with Gasteiger partial charge in [-0.3, -0.25) is 14.3 Å². The van der Waals surface area contributed by atoms with Crippen molar-refractivity contribution in [2.24, 2.45) is 0 Å². The number of nitrogens with one attached hydrogen (secondary N) is 1. The fourth-order valence-corrected chi connectivity index (χ4v) is 5.20. The highest BCUT2D eigenvalue weighted by molar-refractivity contribution is 5.58. The van der Waals surface area contributed by atoms with E-state index in [0.717, 1.165) is 11.4 Å². The Labute approximate surface area is 213 Å². The highest BCUT2D eigenvalue weighted by Crippen LogP contribution is 2.39. The van der Waals surface area contributed by atoms with Crippen molar-refractivity contribution in [3.05, 3.63) is 93.3 Å². The largest absolute Gasteiger partial charge is 0.387 e. The summed E-state index contributed by atoms with van der Waals surface area (Å²) < 4.78 is 17.7. The summed E-state index contributed by atoms with van der Waals surface area (Å²) >= 11 is 0. The van der Waals surface area contributed by atoms with Gasteiger partial charge in [0.1, 0.15) is 24.5 Å². The Bertz CT molecular complexity index is 1260. The topological polar surface area (TPSA) is 129 Å². The van der Waals surface area contributed by atoms with Crippen LogP contribution in [0.1, 0.15) is 18.1 Å². The summed E-state index contributed by atoms with van der Waals surface area (Å²) in [5.41, 5.74) is 0.756. The van der Waals surface area contributed by atoms with Crippen LogP contribution in [0.4, 0.5) is 11.4 Å². The number of para-hydroxylation sites is 2. The molecule has 3 aromatic rings. The van der Waals surface area contributed by atoms with Crippen LogP contribution in [-0.4, -0.2) is 71.7 Å². The van der Waals surface area contributed by atoms with E-state index in [2.05, 4.69) is 14.8 Å². The fourth-order valence-electron chi connectivity index (χ4n) is 5.20. The van der Waals surface area contributed by atoms with Crippen LogP contribution in [0.15, 0.2) is 76.3 Å². The third-order valence-corrected chi connectivity index (χ3v) is 6.88. The van der Waals surface area contributed by atoms with E-state index < -0.39 is 48.2 Å². The van der Waals surface area contributed by atoms with Gasteiger partial charge < -0.3 is 34.2 Å². The van der Waals surface area contributed by atoms with E-state index in [4.69, 9.17) is 14.2 Å². The van der Waals surface area contributed by atoms with Crippen LogP contribution in [0.5, 0.6) is 0 Å². The van der Waals surface area contributed by atoms with Gasteiger partial charge in [0.2, 0.25) is 0 Å². The molecule has 11 heteroatoms. The van der Waals surface area contributed by atoms with E-state index in [9.17, 15) is 19.8 Å². The number of H-pyrrole nitrogens is 1. The van der Waals surface area contributed by atoms with Crippen molar-refractivity contribution in [3.8, 4) is 0 Å². The van der Waals surface area contributed by atoms with Crippen LogP contribution in [0.25, 0.3) is 0 Å². The molecule has 0 amide bonds. The summed E-state index contributed by atoms with van der Waals surface area (Å²) in [5.74, 6) is 0. The standard InChI is InChI=1S/C26H30N4O7/c1-35-25(36-2)22-20(32)21(33)24(37-22)30-18(15-19(31)27-26(30)34)23-28(16-9-5-3-6-10-16)13-14-29(23)17-11-7-4-8-12-17/h3-12,15,20-25,32-33H,13-14H2,1-2H3,(H,27,31,34)/t20-,21+,22-,24+/m0/s1. The molecule has 0 bridgehead atoms. The van der Waals surface area contributed by atoms with Crippen molar-refractivity contribution < 1.29 is 24.4 Å². The number of benzene rings is 2. The Hall–Kier alpha value is -3.48. The van der Waals surface area contributed by atoms with Crippen molar-refractivity contribution in [3.63, 3.8) is 0 Å². The highest BCUT2D eigenvalue weighted by atomic mass is 16.7. The maximum absolute atomic E-state index is 13.3. The molecule has 4 atom stereocenters. The number of aliphatic hydroxyl groups is 2. The molecule has 0 unspecified atom stereocenters. The van der Waals surface area contributed by atoms with Crippen LogP contribution >= 0.6 is 0 Å². The Morgan fingerprint density at radius 1 is 0.892 bits per heavy atom. The molecule has 11 nitrogen and oxygen atoms in total. The fraction of sp³-hybridized carbons (Fsp3) is 0.385. The Morgan fingerprint density at radius 2 is 1.43 bits per heavy atom. The van der Waals surface area contributed by atoms with Gasteiger partial charge in [0.15, 0.2) is 12.5 Å². The number of hydrogen-bond acceptors (Lipinski definition) is 9. The lowest BCUT2D eigenvalue weighted by Gasteiger charge is -2.35. The van der Waals surface area contributed by atoms with Gasteiger partial charge in [0.05, 0.1) is 5.69 Å². The molecule has 37 heavy (non-hydrogen) atoms. The Morgan fingerprint density at radius 3 is 1.95 bits per heavy atom. The van der Waals surface area contributed by atoms with Gasteiger partial charge in [0, 0.05) is 44.8 Å². The molecule has 2 aromatic carbocycles. The number of ether oxygens (including phenoxy) is 3. The van der Waals surface area contributed by atoms with Crippen molar-refractivity contribution in [2.45, 2.75) is 37.0 Å². The second kappa shape index (κ2) is 10.5. The summed E-state index contributed by atoms with van der Waals surface area (Å²) in [6.45, 7) is 1.22. The van der Waals surface area contributed by atoms with Crippen molar-refractivity contribution >= 4 is 11.4 Å². The molecule has 196 valence electrons. The molecule has 3 N–H and O–H groups in total. The van der Waals surface area contributed by atoms with Gasteiger partial charge in [-0.05, 0) is 24.3 Å². The molecule has 0 aliphatic carbocycles. The normalized spacial score (nSPS) is 24.4. The van der Waals surface area contributed by atoms with E-state index in [1.54, 1.807) is 0 Å². The lowest BCUT2D eigenvalue weighted by atomic mass is 10.1. The summed E-state index contributed by atoms with van der Waals surface area (Å²) in [4.78, 5) is 32.4. The quantitative estimate of drug-likeness (QED) is 0.395. The monoisotopic (exact) mass is 510 g/mol. The van der Waals surface area contributed by atoms with Crippen LogP contribution in [0.2, 0.25) is 0 Å². The van der Waals surface area contributed by atoms with Crippen LogP contribution in [0.3, 0.4) is 0 Å². The minimum absolute atomic E-state index is 0.308. The predicted octanol–water partition coefficient (Wildman–Crippen LogP) is 0.800. The van der Waals surface area contributed by atoms with Crippen LogP contribution < -0.4 is 21.0 Å². The molecule has 0 spiro atoms. The summed E-state index contributed by atoms with van der Waals surface area (Å²) in [7, 11) is 2.77. The SMILES string of the molecule is COC(OC)[C@H]1O[C@@H](n2c(C3N(c4ccccc4)CCN3c3ccccc3)cc(=O)[nH]c2=O)[C@H](O)[C@@H]1O. The number of aromatic nitrogens is 2. The zero-order chi connectivity index (χ0) is 26.1. The summed E-state index contributed by atoms with van der Waals surface area (Å²) in [5, 5.41) is 21.7. The second-order valence-corrected chi connectivity index (χ2v) is 8.98. The van der Waals surface area contributed by atoms with Crippen molar-refractivity contribution in [1.29, 1.82) is 0 Å². The van der Waals surface area contributed by atoms with Gasteiger partial charge in [-0.2, -0.15) is 0 Å². The third-order valence-electron chi connectivity index (χ3n) is 6.88. The van der Waals surface area contributed by atoms with Crippen LogP contribution in [0, 0.1) is 0 Å². The maximum atomic E-state index is 13.3. The highest BCUT2D eigenvalue weighted by Gasteiger charge is 2.49. The number of anilines is 2. The Kier molecular flexibility index (Phi) is 7.13. The van der Waals surface area contributed by atoms with Gasteiger partial charge >= 0.3 is 5.69 Å². The van der Waals surface area contributed by atoms with Crippen molar-refractivity contribution in [1.82, 2.24) is 9.55 Å². The van der Waals surface area contributed by atoms with Gasteiger partial charge in [-0.15, -0.1) is 0 Å². The van der Waals surface area contributed by atoms with E-state index in [1.165, 1.54) is 24.9 Å². The number of methoxy groups -OCH3 is 2. The van der Waals surface area contributed by atoms with Crippen molar-refractivity contribution in [2.75, 3.05) is 37.1 Å². The predicted molar refractivity (Wildman–Crippen MR) is 135 cm³/mol. The number of nitrogens with zero attached hydrogens (tertiary/aromatic N) is 3. The first-order valence-corrected chi connectivity index (χ1v) is 12.0. The molecular weight excluding hydrogens is 480 g/mol. The molecule has 2 saturated heterocycles. The lowest BCUT2D eigenvalue weighted by molar-refractivity contribution is -0.198. The molecule has 2 fully saturated rings. The molecule has 2 aliphatic rings. The third kappa shape index (κ3) is 4.56. The minimum atomic E-state index is -1.49. The smallest absolute Gasteiger partial charge is 0.330 e. The Balaban J connectivity index is 1.66. The first kappa shape index (κ1) is 25.2. The lowest BCUT2D eigenvalue weighted by Crippen LogP contribution is -2.44. The van der Waals surface area contributed by atoms with E-state index >= 15 is 0 Å². The second-order valence-electron chi connectivity index (χ2n) is 8.98. The van der Waals surface area contributed by atoms with Gasteiger partial charge in [-0.1, -0.05) is 36.4 Å². The maximum Gasteiger partial charge on any atom is 0.330 e. The first-order chi connectivity index (χ1) is 17.9. The number of aromatic amines is 1.